The van der Waals surface area contributed by atoms with E-state index in [-0.39, 0.29) is 18.1 Å². The van der Waals surface area contributed by atoms with Crippen LogP contribution >= 0.6 is 0 Å². The lowest BCUT2D eigenvalue weighted by Gasteiger charge is -2.08. The number of ether oxygens (including phenoxy) is 1. The number of amides is 2. The van der Waals surface area contributed by atoms with Gasteiger partial charge in [0.15, 0.2) is 6.61 Å². The molecule has 0 unspecified atom stereocenters. The highest BCUT2D eigenvalue weighted by molar-refractivity contribution is 6.01. The second-order valence-corrected chi connectivity index (χ2v) is 5.52. The first-order valence-electron chi connectivity index (χ1n) is 7.95. The predicted octanol–water partition coefficient (Wildman–Crippen LogP) is 2.67. The van der Waals surface area contributed by atoms with E-state index in [1.54, 1.807) is 24.3 Å². The molecule has 0 aromatic heterocycles. The monoisotopic (exact) mass is 349 g/mol. The van der Waals surface area contributed by atoms with Gasteiger partial charge in [-0.15, -0.1) is 0 Å². The highest BCUT2D eigenvalue weighted by atomic mass is 16.5. The summed E-state index contributed by atoms with van der Waals surface area (Å²) in [6.07, 6.45) is 1.48. The van der Waals surface area contributed by atoms with Crippen molar-refractivity contribution in [3.8, 4) is 11.8 Å². The van der Waals surface area contributed by atoms with Gasteiger partial charge in [-0.05, 0) is 48.4 Å². The molecule has 0 bridgehead atoms. The first kappa shape index (κ1) is 18.7. The smallest absolute Gasteiger partial charge is 0.262 e. The molecule has 2 aromatic carbocycles. The number of carbonyl (C=O) groups is 2. The summed E-state index contributed by atoms with van der Waals surface area (Å²) in [4.78, 5) is 23.4. The van der Waals surface area contributed by atoms with Gasteiger partial charge in [-0.1, -0.05) is 24.3 Å². The summed E-state index contributed by atoms with van der Waals surface area (Å²) in [5, 5.41) is 14.1. The van der Waals surface area contributed by atoms with E-state index in [9.17, 15) is 9.59 Å². The SMILES string of the molecule is CNC(=O)/C(C#N)=C/c1ccc(OCC(=O)Nc2cccc(C)c2)cc1. The Morgan fingerprint density at radius 3 is 2.54 bits per heavy atom. The fraction of sp³-hybridized carbons (Fsp3) is 0.150. The maximum atomic E-state index is 11.9. The number of likely N-dealkylation sites (N-methyl/N-ethyl adjacent to an activating group) is 1. The predicted molar refractivity (Wildman–Crippen MR) is 99.4 cm³/mol. The lowest BCUT2D eigenvalue weighted by Crippen LogP contribution is -2.20. The molecular weight excluding hydrogens is 330 g/mol. The van der Waals surface area contributed by atoms with E-state index < -0.39 is 5.91 Å². The van der Waals surface area contributed by atoms with E-state index in [2.05, 4.69) is 10.6 Å². The Hall–Kier alpha value is -3.59. The molecule has 132 valence electrons. The van der Waals surface area contributed by atoms with Gasteiger partial charge in [0, 0.05) is 12.7 Å². The van der Waals surface area contributed by atoms with Crippen LogP contribution in [0.3, 0.4) is 0 Å². The standard InChI is InChI=1S/C20H19N3O3/c1-14-4-3-5-17(10-14)23-19(24)13-26-18-8-6-15(7-9-18)11-16(12-21)20(25)22-2/h3-11H,13H2,1-2H3,(H,22,25)(H,23,24)/b16-11+. The van der Waals surface area contributed by atoms with Crippen LogP contribution in [0.2, 0.25) is 0 Å². The Balaban J connectivity index is 1.93. The number of nitrogens with zero attached hydrogens (tertiary/aromatic N) is 1. The number of nitrogens with one attached hydrogen (secondary N) is 2. The van der Waals surface area contributed by atoms with Crippen LogP contribution in [-0.4, -0.2) is 25.5 Å². The van der Waals surface area contributed by atoms with Gasteiger partial charge in [-0.3, -0.25) is 9.59 Å². The Bertz CT molecular complexity index is 865. The second kappa shape index (κ2) is 9.04. The summed E-state index contributed by atoms with van der Waals surface area (Å²) in [5.74, 6) is -0.188. The summed E-state index contributed by atoms with van der Waals surface area (Å²) in [6, 6.07) is 16.1. The number of benzene rings is 2. The fourth-order valence-electron chi connectivity index (χ4n) is 2.18. The zero-order chi connectivity index (χ0) is 18.9. The molecule has 2 aromatic rings. The largest absolute Gasteiger partial charge is 0.484 e. The van der Waals surface area contributed by atoms with Gasteiger partial charge >= 0.3 is 0 Å². The van der Waals surface area contributed by atoms with E-state index in [1.807, 2.05) is 37.3 Å². The van der Waals surface area contributed by atoms with E-state index in [0.717, 1.165) is 11.3 Å². The molecule has 0 aliphatic heterocycles. The number of hydrogen-bond acceptors (Lipinski definition) is 4. The molecule has 0 radical (unpaired) electrons. The molecule has 0 fully saturated rings. The third-order valence-electron chi connectivity index (χ3n) is 3.46. The van der Waals surface area contributed by atoms with Gasteiger partial charge in [-0.25, -0.2) is 0 Å². The molecule has 26 heavy (non-hydrogen) atoms. The average Bonchev–Trinajstić information content (AvgIpc) is 2.64. The fourth-order valence-corrected chi connectivity index (χ4v) is 2.18. The van der Waals surface area contributed by atoms with Crippen LogP contribution in [0.5, 0.6) is 5.75 Å². The third kappa shape index (κ3) is 5.49. The Morgan fingerprint density at radius 2 is 1.92 bits per heavy atom. The Morgan fingerprint density at radius 1 is 1.19 bits per heavy atom. The van der Waals surface area contributed by atoms with Crippen molar-refractivity contribution in [2.24, 2.45) is 0 Å². The minimum atomic E-state index is -0.444. The molecule has 0 spiro atoms. The Kier molecular flexibility index (Phi) is 6.52. The van der Waals surface area contributed by atoms with Crippen molar-refractivity contribution in [1.29, 1.82) is 5.26 Å². The molecular formula is C20H19N3O3. The van der Waals surface area contributed by atoms with Crippen LogP contribution in [0.4, 0.5) is 5.69 Å². The molecule has 0 atom stereocenters. The lowest BCUT2D eigenvalue weighted by molar-refractivity contribution is -0.118. The van der Waals surface area contributed by atoms with Gasteiger partial charge in [0.1, 0.15) is 17.4 Å². The number of carbonyl (C=O) groups excluding carboxylic acids is 2. The topological polar surface area (TPSA) is 91.2 Å². The van der Waals surface area contributed by atoms with Crippen LogP contribution in [0.1, 0.15) is 11.1 Å². The zero-order valence-electron chi connectivity index (χ0n) is 14.6. The van der Waals surface area contributed by atoms with Crippen molar-refractivity contribution >= 4 is 23.6 Å². The molecule has 0 heterocycles. The molecule has 2 amide bonds. The summed E-state index contributed by atoms with van der Waals surface area (Å²) in [6.45, 7) is 1.83. The average molecular weight is 349 g/mol. The van der Waals surface area contributed by atoms with E-state index >= 15 is 0 Å². The first-order valence-corrected chi connectivity index (χ1v) is 7.95. The van der Waals surface area contributed by atoms with E-state index in [0.29, 0.717) is 11.3 Å². The van der Waals surface area contributed by atoms with Crippen molar-refractivity contribution < 1.29 is 14.3 Å². The summed E-state index contributed by atoms with van der Waals surface area (Å²) in [5.41, 5.74) is 2.47. The maximum absolute atomic E-state index is 11.9. The molecule has 2 N–H and O–H groups in total. The number of rotatable bonds is 6. The molecule has 0 aliphatic rings. The summed E-state index contributed by atoms with van der Waals surface area (Å²) >= 11 is 0. The molecule has 0 saturated carbocycles. The van der Waals surface area contributed by atoms with Crippen molar-refractivity contribution in [3.05, 3.63) is 65.2 Å². The number of anilines is 1. The molecule has 0 saturated heterocycles. The van der Waals surface area contributed by atoms with Crippen LogP contribution in [0.25, 0.3) is 6.08 Å². The molecule has 0 aliphatic carbocycles. The molecule has 2 rings (SSSR count). The summed E-state index contributed by atoms with van der Waals surface area (Å²) in [7, 11) is 1.46. The number of aryl methyl sites for hydroxylation is 1. The van der Waals surface area contributed by atoms with Gasteiger partial charge < -0.3 is 15.4 Å². The minimum Gasteiger partial charge on any atom is -0.484 e. The minimum absolute atomic E-state index is 0.0127. The van der Waals surface area contributed by atoms with Crippen LogP contribution in [-0.2, 0) is 9.59 Å². The van der Waals surface area contributed by atoms with Gasteiger partial charge in [-0.2, -0.15) is 5.26 Å². The van der Waals surface area contributed by atoms with E-state index in [4.69, 9.17) is 10.00 Å². The third-order valence-corrected chi connectivity index (χ3v) is 3.46. The lowest BCUT2D eigenvalue weighted by atomic mass is 10.1. The first-order chi connectivity index (χ1) is 12.5. The highest BCUT2D eigenvalue weighted by Gasteiger charge is 2.07. The van der Waals surface area contributed by atoms with Crippen LogP contribution in [0, 0.1) is 18.3 Å². The molecule has 6 nitrogen and oxygen atoms in total. The van der Waals surface area contributed by atoms with Crippen LogP contribution < -0.4 is 15.4 Å². The summed E-state index contributed by atoms with van der Waals surface area (Å²) < 4.78 is 5.45. The second-order valence-electron chi connectivity index (χ2n) is 5.52. The van der Waals surface area contributed by atoms with Gasteiger partial charge in [0.25, 0.3) is 11.8 Å². The Labute approximate surface area is 152 Å². The quantitative estimate of drug-likeness (QED) is 0.619. The van der Waals surface area contributed by atoms with Gasteiger partial charge in [0.05, 0.1) is 0 Å². The van der Waals surface area contributed by atoms with E-state index in [1.165, 1.54) is 13.1 Å². The number of nitriles is 1. The highest BCUT2D eigenvalue weighted by Crippen LogP contribution is 2.15. The van der Waals surface area contributed by atoms with Gasteiger partial charge in [0.2, 0.25) is 0 Å². The normalized spacial score (nSPS) is 10.6. The molecule has 6 heteroatoms. The van der Waals surface area contributed by atoms with Crippen molar-refractivity contribution in [2.75, 3.05) is 19.0 Å². The zero-order valence-corrected chi connectivity index (χ0v) is 14.6. The maximum Gasteiger partial charge on any atom is 0.262 e. The van der Waals surface area contributed by atoms with Crippen molar-refractivity contribution in [3.63, 3.8) is 0 Å². The van der Waals surface area contributed by atoms with Crippen molar-refractivity contribution in [2.45, 2.75) is 6.92 Å². The number of hydrogen-bond donors (Lipinski definition) is 2. The van der Waals surface area contributed by atoms with Crippen LogP contribution in [0.15, 0.2) is 54.1 Å². The van der Waals surface area contributed by atoms with Crippen molar-refractivity contribution in [1.82, 2.24) is 5.32 Å².